The highest BCUT2D eigenvalue weighted by molar-refractivity contribution is 7.85. The molecular formula is C19H24N2O2S. The maximum Gasteiger partial charge on any atom is 0.238 e. The van der Waals surface area contributed by atoms with E-state index in [2.05, 4.69) is 5.32 Å². The Morgan fingerprint density at radius 2 is 1.79 bits per heavy atom. The van der Waals surface area contributed by atoms with Crippen LogP contribution < -0.4 is 5.32 Å². The first-order chi connectivity index (χ1) is 11.5. The molecule has 0 aromatic heterocycles. The molecule has 0 saturated heterocycles. The van der Waals surface area contributed by atoms with Crippen molar-refractivity contribution in [1.29, 1.82) is 0 Å². The van der Waals surface area contributed by atoms with Gasteiger partial charge in [-0.2, -0.15) is 0 Å². The predicted molar refractivity (Wildman–Crippen MR) is 99.8 cm³/mol. The Hall–Kier alpha value is -1.98. The third-order valence-corrected chi connectivity index (χ3v) is 5.31. The molecule has 1 unspecified atom stereocenters. The maximum absolute atomic E-state index is 12.2. The van der Waals surface area contributed by atoms with Crippen LogP contribution in [0.2, 0.25) is 0 Å². The molecule has 0 spiro atoms. The molecule has 128 valence electrons. The van der Waals surface area contributed by atoms with E-state index in [0.717, 1.165) is 21.7 Å². The summed E-state index contributed by atoms with van der Waals surface area (Å²) in [5.74, 6) is 0.453. The van der Waals surface area contributed by atoms with E-state index in [-0.39, 0.29) is 12.5 Å². The van der Waals surface area contributed by atoms with Crippen molar-refractivity contribution in [2.75, 3.05) is 31.2 Å². The Labute approximate surface area is 146 Å². The number of anilines is 1. The number of carbonyl (C=O) groups excluding carboxylic acids is 1. The monoisotopic (exact) mass is 344 g/mol. The molecule has 1 N–H and O–H groups in total. The van der Waals surface area contributed by atoms with Crippen LogP contribution in [0.1, 0.15) is 11.1 Å². The SMILES string of the molecule is Cc1cccc(NC(=O)CN(C)CCS(=O)c2ccccc2)c1C. The van der Waals surface area contributed by atoms with Crippen LogP contribution in [0, 0.1) is 13.8 Å². The predicted octanol–water partition coefficient (Wildman–Crippen LogP) is 2.98. The summed E-state index contributed by atoms with van der Waals surface area (Å²) in [7, 11) is 0.829. The lowest BCUT2D eigenvalue weighted by atomic mass is 10.1. The smallest absolute Gasteiger partial charge is 0.238 e. The summed E-state index contributed by atoms with van der Waals surface area (Å²) < 4.78 is 12.2. The molecule has 0 aliphatic rings. The zero-order valence-electron chi connectivity index (χ0n) is 14.4. The number of nitrogens with zero attached hydrogens (tertiary/aromatic N) is 1. The van der Waals surface area contributed by atoms with Gasteiger partial charge in [-0.1, -0.05) is 30.3 Å². The average molecular weight is 344 g/mol. The van der Waals surface area contributed by atoms with E-state index in [1.54, 1.807) is 0 Å². The van der Waals surface area contributed by atoms with Gasteiger partial charge in [0.1, 0.15) is 0 Å². The fourth-order valence-electron chi connectivity index (χ4n) is 2.33. The van der Waals surface area contributed by atoms with Crippen molar-refractivity contribution in [3.8, 4) is 0 Å². The highest BCUT2D eigenvalue weighted by atomic mass is 32.2. The van der Waals surface area contributed by atoms with Gasteiger partial charge >= 0.3 is 0 Å². The molecule has 0 saturated carbocycles. The number of amides is 1. The molecule has 1 atom stereocenters. The number of benzene rings is 2. The summed E-state index contributed by atoms with van der Waals surface area (Å²) in [6.07, 6.45) is 0. The largest absolute Gasteiger partial charge is 0.325 e. The van der Waals surface area contributed by atoms with E-state index in [4.69, 9.17) is 0 Å². The zero-order chi connectivity index (χ0) is 17.5. The van der Waals surface area contributed by atoms with E-state index in [0.29, 0.717) is 12.3 Å². The van der Waals surface area contributed by atoms with Crippen LogP contribution in [0.5, 0.6) is 0 Å². The zero-order valence-corrected chi connectivity index (χ0v) is 15.2. The number of hydrogen-bond donors (Lipinski definition) is 1. The van der Waals surface area contributed by atoms with Crippen LogP contribution in [-0.4, -0.2) is 40.9 Å². The van der Waals surface area contributed by atoms with Gasteiger partial charge in [-0.15, -0.1) is 0 Å². The Kier molecular flexibility index (Phi) is 6.70. The molecule has 2 rings (SSSR count). The topological polar surface area (TPSA) is 49.4 Å². The normalized spacial score (nSPS) is 12.2. The van der Waals surface area contributed by atoms with E-state index in [1.807, 2.05) is 74.3 Å². The van der Waals surface area contributed by atoms with Crippen LogP contribution in [-0.2, 0) is 15.6 Å². The minimum Gasteiger partial charge on any atom is -0.325 e. The second-order valence-corrected chi connectivity index (χ2v) is 7.47. The molecule has 24 heavy (non-hydrogen) atoms. The van der Waals surface area contributed by atoms with Gasteiger partial charge in [-0.05, 0) is 50.2 Å². The number of rotatable bonds is 7. The summed E-state index contributed by atoms with van der Waals surface area (Å²) in [4.78, 5) is 14.9. The Bertz CT molecular complexity index is 717. The summed E-state index contributed by atoms with van der Waals surface area (Å²) in [6, 6.07) is 15.3. The lowest BCUT2D eigenvalue weighted by Gasteiger charge is -2.17. The van der Waals surface area contributed by atoms with Gasteiger partial charge in [0, 0.05) is 22.9 Å². The van der Waals surface area contributed by atoms with Crippen LogP contribution in [0.15, 0.2) is 53.4 Å². The summed E-state index contributed by atoms with van der Waals surface area (Å²) in [5.41, 5.74) is 3.08. The molecule has 4 nitrogen and oxygen atoms in total. The van der Waals surface area contributed by atoms with Gasteiger partial charge in [-0.25, -0.2) is 0 Å². The van der Waals surface area contributed by atoms with E-state index in [1.165, 1.54) is 0 Å². The van der Waals surface area contributed by atoms with Gasteiger partial charge in [0.2, 0.25) is 5.91 Å². The highest BCUT2D eigenvalue weighted by Gasteiger charge is 2.11. The van der Waals surface area contributed by atoms with Gasteiger partial charge in [0.15, 0.2) is 0 Å². The molecule has 0 heterocycles. The molecule has 1 amide bonds. The Morgan fingerprint density at radius 1 is 1.08 bits per heavy atom. The average Bonchev–Trinajstić information content (AvgIpc) is 2.57. The minimum absolute atomic E-state index is 0.0586. The molecule has 0 bridgehead atoms. The summed E-state index contributed by atoms with van der Waals surface area (Å²) in [6.45, 7) is 4.90. The van der Waals surface area contributed by atoms with Crippen molar-refractivity contribution < 1.29 is 9.00 Å². The van der Waals surface area contributed by atoms with Gasteiger partial charge in [0.05, 0.1) is 17.3 Å². The molecule has 5 heteroatoms. The number of carbonyl (C=O) groups is 1. The van der Waals surface area contributed by atoms with Crippen molar-refractivity contribution >= 4 is 22.4 Å². The maximum atomic E-state index is 12.2. The molecule has 2 aromatic carbocycles. The molecule has 0 aliphatic heterocycles. The van der Waals surface area contributed by atoms with Crippen molar-refractivity contribution in [2.24, 2.45) is 0 Å². The fourth-order valence-corrected chi connectivity index (χ4v) is 3.50. The van der Waals surface area contributed by atoms with Crippen LogP contribution >= 0.6 is 0 Å². The van der Waals surface area contributed by atoms with E-state index < -0.39 is 10.8 Å². The van der Waals surface area contributed by atoms with Gasteiger partial charge in [-0.3, -0.25) is 13.9 Å². The molecule has 2 aromatic rings. The van der Waals surface area contributed by atoms with Crippen molar-refractivity contribution in [3.63, 3.8) is 0 Å². The first-order valence-electron chi connectivity index (χ1n) is 7.95. The van der Waals surface area contributed by atoms with Crippen LogP contribution in [0.3, 0.4) is 0 Å². The molecule has 0 aliphatic carbocycles. The lowest BCUT2D eigenvalue weighted by Crippen LogP contribution is -2.33. The van der Waals surface area contributed by atoms with E-state index >= 15 is 0 Å². The fraction of sp³-hybridized carbons (Fsp3) is 0.316. The van der Waals surface area contributed by atoms with Crippen molar-refractivity contribution in [3.05, 3.63) is 59.7 Å². The van der Waals surface area contributed by atoms with E-state index in [9.17, 15) is 9.00 Å². The second-order valence-electron chi connectivity index (χ2n) is 5.90. The summed E-state index contributed by atoms with van der Waals surface area (Å²) >= 11 is 0. The minimum atomic E-state index is -1.04. The van der Waals surface area contributed by atoms with Crippen molar-refractivity contribution in [2.45, 2.75) is 18.7 Å². The summed E-state index contributed by atoms with van der Waals surface area (Å²) in [5, 5.41) is 2.94. The third-order valence-electron chi connectivity index (χ3n) is 3.96. The Balaban J connectivity index is 1.81. The first kappa shape index (κ1) is 18.4. The second kappa shape index (κ2) is 8.76. The number of aryl methyl sites for hydroxylation is 1. The number of likely N-dealkylation sites (N-methyl/N-ethyl adjacent to an activating group) is 1. The highest BCUT2D eigenvalue weighted by Crippen LogP contribution is 2.17. The number of nitrogens with one attached hydrogen (secondary N) is 1. The van der Waals surface area contributed by atoms with Crippen LogP contribution in [0.4, 0.5) is 5.69 Å². The lowest BCUT2D eigenvalue weighted by molar-refractivity contribution is -0.117. The van der Waals surface area contributed by atoms with Crippen molar-refractivity contribution in [1.82, 2.24) is 4.90 Å². The quantitative estimate of drug-likeness (QED) is 0.840. The molecule has 0 fully saturated rings. The molecular weight excluding hydrogens is 320 g/mol. The third kappa shape index (κ3) is 5.28. The first-order valence-corrected chi connectivity index (χ1v) is 9.27. The Morgan fingerprint density at radius 3 is 2.50 bits per heavy atom. The molecule has 0 radical (unpaired) electrons. The van der Waals surface area contributed by atoms with Crippen LogP contribution in [0.25, 0.3) is 0 Å². The van der Waals surface area contributed by atoms with Gasteiger partial charge < -0.3 is 5.32 Å². The van der Waals surface area contributed by atoms with Gasteiger partial charge in [0.25, 0.3) is 0 Å². The standard InChI is InChI=1S/C19H24N2O2S/c1-15-8-7-11-18(16(15)2)20-19(22)14-21(3)12-13-24(23)17-9-5-4-6-10-17/h4-11H,12-14H2,1-3H3,(H,20,22). The number of hydrogen-bond acceptors (Lipinski definition) is 3.